The zero-order valence-electron chi connectivity index (χ0n) is 6.79. The van der Waals surface area contributed by atoms with Crippen LogP contribution in [0.3, 0.4) is 0 Å². The molecule has 0 fully saturated rings. The van der Waals surface area contributed by atoms with E-state index in [1.54, 1.807) is 24.3 Å². The molecule has 0 aromatic heterocycles. The zero-order valence-corrected chi connectivity index (χ0v) is 6.79. The lowest BCUT2D eigenvalue weighted by molar-refractivity contribution is 0.363. The zero-order chi connectivity index (χ0) is 8.97. The van der Waals surface area contributed by atoms with Crippen LogP contribution in [0.4, 0.5) is 11.4 Å². The minimum atomic E-state index is 0.476. The van der Waals surface area contributed by atoms with Crippen LogP contribution in [0.25, 0.3) is 0 Å². The van der Waals surface area contributed by atoms with Crippen LogP contribution < -0.4 is 16.2 Å². The lowest BCUT2D eigenvalue weighted by Crippen LogP contribution is -1.97. The van der Waals surface area contributed by atoms with Crippen LogP contribution >= 0.6 is 0 Å². The second-order valence-corrected chi connectivity index (χ2v) is 2.39. The van der Waals surface area contributed by atoms with Gasteiger partial charge in [-0.25, -0.2) is 0 Å². The third kappa shape index (κ3) is 1.92. The summed E-state index contributed by atoms with van der Waals surface area (Å²) in [4.78, 5) is 0. The minimum Gasteiger partial charge on any atom is -0.489 e. The molecule has 0 unspecified atom stereocenters. The normalized spacial score (nSPS) is 9.33. The largest absolute Gasteiger partial charge is 0.489 e. The first-order chi connectivity index (χ1) is 5.74. The molecule has 0 aliphatic heterocycles. The Bertz CT molecular complexity index is 284. The van der Waals surface area contributed by atoms with E-state index in [2.05, 4.69) is 6.58 Å². The molecular weight excluding hydrogens is 152 g/mol. The van der Waals surface area contributed by atoms with Crippen molar-refractivity contribution >= 4 is 11.4 Å². The van der Waals surface area contributed by atoms with Crippen molar-refractivity contribution in [2.24, 2.45) is 0 Å². The van der Waals surface area contributed by atoms with Gasteiger partial charge in [-0.1, -0.05) is 12.7 Å². The highest BCUT2D eigenvalue weighted by Crippen LogP contribution is 2.21. The van der Waals surface area contributed by atoms with Crippen molar-refractivity contribution in [1.29, 1.82) is 0 Å². The van der Waals surface area contributed by atoms with Gasteiger partial charge < -0.3 is 16.2 Å². The maximum atomic E-state index is 5.56. The summed E-state index contributed by atoms with van der Waals surface area (Å²) < 4.78 is 5.24. The first-order valence-electron chi connectivity index (χ1n) is 3.62. The highest BCUT2D eigenvalue weighted by atomic mass is 16.5. The van der Waals surface area contributed by atoms with Crippen LogP contribution in [0.15, 0.2) is 30.9 Å². The van der Waals surface area contributed by atoms with Crippen LogP contribution in [-0.4, -0.2) is 6.61 Å². The molecule has 64 valence electrons. The summed E-state index contributed by atoms with van der Waals surface area (Å²) in [6.07, 6.45) is 1.67. The van der Waals surface area contributed by atoms with Gasteiger partial charge in [0, 0.05) is 6.07 Å². The van der Waals surface area contributed by atoms with Gasteiger partial charge in [0.25, 0.3) is 0 Å². The van der Waals surface area contributed by atoms with Crippen molar-refractivity contribution in [3.63, 3.8) is 0 Å². The first-order valence-corrected chi connectivity index (χ1v) is 3.62. The highest BCUT2D eigenvalue weighted by molar-refractivity contribution is 5.65. The number of anilines is 2. The highest BCUT2D eigenvalue weighted by Gasteiger charge is 1.96. The van der Waals surface area contributed by atoms with Gasteiger partial charge in [-0.3, -0.25) is 0 Å². The first kappa shape index (κ1) is 8.46. The van der Waals surface area contributed by atoms with Crippen LogP contribution in [-0.2, 0) is 0 Å². The molecule has 1 rings (SSSR count). The molecule has 3 heteroatoms. The summed E-state index contributed by atoms with van der Waals surface area (Å²) in [5.41, 5.74) is 12.2. The fourth-order valence-corrected chi connectivity index (χ4v) is 0.798. The van der Waals surface area contributed by atoms with E-state index in [4.69, 9.17) is 16.2 Å². The average molecular weight is 164 g/mol. The number of rotatable bonds is 3. The minimum absolute atomic E-state index is 0.476. The molecular formula is C9H12N2O. The number of hydrogen-bond donors (Lipinski definition) is 2. The number of nitrogens with two attached hydrogens (primary N) is 2. The molecule has 0 amide bonds. The summed E-state index contributed by atoms with van der Waals surface area (Å²) in [5.74, 6) is 0.710. The van der Waals surface area contributed by atoms with Crippen LogP contribution in [0.5, 0.6) is 5.75 Å². The molecule has 0 atom stereocenters. The quantitative estimate of drug-likeness (QED) is 0.524. The van der Waals surface area contributed by atoms with Gasteiger partial charge in [-0.15, -0.1) is 0 Å². The van der Waals surface area contributed by atoms with Crippen molar-refractivity contribution < 1.29 is 4.74 Å². The Balaban J connectivity index is 2.75. The third-order valence-electron chi connectivity index (χ3n) is 1.43. The maximum Gasteiger partial charge on any atom is 0.121 e. The van der Waals surface area contributed by atoms with Crippen molar-refractivity contribution in [3.8, 4) is 5.75 Å². The Kier molecular flexibility index (Phi) is 2.58. The van der Waals surface area contributed by atoms with E-state index >= 15 is 0 Å². The summed E-state index contributed by atoms with van der Waals surface area (Å²) in [6.45, 7) is 4.01. The Morgan fingerprint density at radius 2 is 2.08 bits per heavy atom. The smallest absolute Gasteiger partial charge is 0.121 e. The van der Waals surface area contributed by atoms with Crippen molar-refractivity contribution in [2.45, 2.75) is 0 Å². The van der Waals surface area contributed by atoms with E-state index in [0.717, 1.165) is 0 Å². The molecule has 12 heavy (non-hydrogen) atoms. The Morgan fingerprint density at radius 1 is 1.33 bits per heavy atom. The summed E-state index contributed by atoms with van der Waals surface area (Å²) in [5, 5.41) is 0. The van der Waals surface area contributed by atoms with Gasteiger partial charge >= 0.3 is 0 Å². The second kappa shape index (κ2) is 3.67. The number of nitrogen functional groups attached to an aromatic ring is 2. The monoisotopic (exact) mass is 164 g/mol. The van der Waals surface area contributed by atoms with E-state index in [-0.39, 0.29) is 0 Å². The SMILES string of the molecule is C=CCOc1ccc(N)c(N)c1. The molecule has 0 saturated heterocycles. The van der Waals surface area contributed by atoms with E-state index < -0.39 is 0 Å². The van der Waals surface area contributed by atoms with Crippen molar-refractivity contribution in [3.05, 3.63) is 30.9 Å². The molecule has 0 spiro atoms. The van der Waals surface area contributed by atoms with Crippen LogP contribution in [0.2, 0.25) is 0 Å². The molecule has 4 N–H and O–H groups in total. The average Bonchev–Trinajstić information content (AvgIpc) is 2.07. The molecule has 0 heterocycles. The topological polar surface area (TPSA) is 61.3 Å². The van der Waals surface area contributed by atoms with E-state index in [1.807, 2.05) is 0 Å². The molecule has 0 bridgehead atoms. The maximum absolute atomic E-state index is 5.56. The van der Waals surface area contributed by atoms with Crippen molar-refractivity contribution in [2.75, 3.05) is 18.1 Å². The molecule has 1 aromatic carbocycles. The standard InChI is InChI=1S/C9H12N2O/c1-2-5-12-7-3-4-8(10)9(11)6-7/h2-4,6H,1,5,10-11H2. The lowest BCUT2D eigenvalue weighted by atomic mass is 10.2. The molecule has 0 aliphatic rings. The Morgan fingerprint density at radius 3 is 2.67 bits per heavy atom. The van der Waals surface area contributed by atoms with Crippen LogP contribution in [0, 0.1) is 0 Å². The van der Waals surface area contributed by atoms with Crippen LogP contribution in [0.1, 0.15) is 0 Å². The molecule has 0 radical (unpaired) electrons. The van der Waals surface area contributed by atoms with E-state index in [9.17, 15) is 0 Å². The number of ether oxygens (including phenoxy) is 1. The fourth-order valence-electron chi connectivity index (χ4n) is 0.798. The summed E-state index contributed by atoms with van der Waals surface area (Å²) in [6, 6.07) is 5.18. The Hall–Kier alpha value is -1.64. The summed E-state index contributed by atoms with van der Waals surface area (Å²) >= 11 is 0. The molecule has 0 saturated carbocycles. The number of hydrogen-bond acceptors (Lipinski definition) is 3. The predicted molar refractivity (Wildman–Crippen MR) is 51.0 cm³/mol. The lowest BCUT2D eigenvalue weighted by Gasteiger charge is -2.05. The van der Waals surface area contributed by atoms with Gasteiger partial charge in [-0.05, 0) is 12.1 Å². The second-order valence-electron chi connectivity index (χ2n) is 2.39. The Labute approximate surface area is 71.6 Å². The van der Waals surface area contributed by atoms with Gasteiger partial charge in [-0.2, -0.15) is 0 Å². The summed E-state index contributed by atoms with van der Waals surface area (Å²) in [7, 11) is 0. The van der Waals surface area contributed by atoms with E-state index in [0.29, 0.717) is 23.7 Å². The number of benzene rings is 1. The van der Waals surface area contributed by atoms with Gasteiger partial charge in [0.2, 0.25) is 0 Å². The predicted octanol–water partition coefficient (Wildman–Crippen LogP) is 1.42. The van der Waals surface area contributed by atoms with E-state index in [1.165, 1.54) is 0 Å². The molecule has 0 aliphatic carbocycles. The fraction of sp³-hybridized carbons (Fsp3) is 0.111. The third-order valence-corrected chi connectivity index (χ3v) is 1.43. The van der Waals surface area contributed by atoms with Crippen molar-refractivity contribution in [1.82, 2.24) is 0 Å². The molecule has 3 nitrogen and oxygen atoms in total. The van der Waals surface area contributed by atoms with Gasteiger partial charge in [0.1, 0.15) is 12.4 Å². The molecule has 1 aromatic rings. The van der Waals surface area contributed by atoms with Gasteiger partial charge in [0.15, 0.2) is 0 Å². The van der Waals surface area contributed by atoms with Gasteiger partial charge in [0.05, 0.1) is 11.4 Å².